The molecule has 17 heavy (non-hydrogen) atoms. The van der Waals surface area contributed by atoms with Gasteiger partial charge in [-0.15, -0.1) is 0 Å². The molecule has 0 unspecified atom stereocenters. The van der Waals surface area contributed by atoms with Crippen molar-refractivity contribution in [3.05, 3.63) is 35.0 Å². The van der Waals surface area contributed by atoms with E-state index < -0.39 is 0 Å². The van der Waals surface area contributed by atoms with E-state index in [-0.39, 0.29) is 12.4 Å². The fourth-order valence-corrected chi connectivity index (χ4v) is 2.12. The minimum atomic E-state index is 0.0648. The highest BCUT2D eigenvalue weighted by Gasteiger charge is 2.12. The molecule has 2 rings (SSSR count). The van der Waals surface area contributed by atoms with E-state index in [1.165, 1.54) is 11.1 Å². The number of hydrogen-bond donors (Lipinski definition) is 1. The van der Waals surface area contributed by atoms with E-state index in [1.807, 2.05) is 17.7 Å². The van der Waals surface area contributed by atoms with Gasteiger partial charge < -0.3 is 9.67 Å². The maximum atomic E-state index is 11.6. The van der Waals surface area contributed by atoms with Crippen molar-refractivity contribution in [1.29, 1.82) is 0 Å². The van der Waals surface area contributed by atoms with E-state index in [0.29, 0.717) is 6.54 Å². The Balaban J connectivity index is 2.76. The number of aromatic nitrogens is 1. The Morgan fingerprint density at radius 1 is 1.29 bits per heavy atom. The van der Waals surface area contributed by atoms with Crippen molar-refractivity contribution < 1.29 is 9.90 Å². The summed E-state index contributed by atoms with van der Waals surface area (Å²) in [6, 6.07) is 4.13. The fraction of sp³-hybridized carbons (Fsp3) is 0.357. The summed E-state index contributed by atoms with van der Waals surface area (Å²) in [6.07, 6.45) is 1.84. The zero-order valence-electron chi connectivity index (χ0n) is 10.4. The number of Topliss-reactive ketones (excluding diaryl/α,β-unsaturated/α-hetero) is 1. The van der Waals surface area contributed by atoms with E-state index in [0.717, 1.165) is 16.5 Å². The molecule has 0 aliphatic heterocycles. The molecule has 1 heterocycles. The number of aliphatic hydroxyl groups is 1. The van der Waals surface area contributed by atoms with Gasteiger partial charge in [0, 0.05) is 29.2 Å². The Morgan fingerprint density at radius 3 is 2.53 bits per heavy atom. The molecule has 0 amide bonds. The van der Waals surface area contributed by atoms with Crippen molar-refractivity contribution in [1.82, 2.24) is 4.57 Å². The van der Waals surface area contributed by atoms with Crippen molar-refractivity contribution in [3.8, 4) is 0 Å². The van der Waals surface area contributed by atoms with Gasteiger partial charge in [-0.1, -0.05) is 0 Å². The third-order valence-corrected chi connectivity index (χ3v) is 3.22. The molecular formula is C14H17NO2. The van der Waals surface area contributed by atoms with E-state index in [1.54, 1.807) is 6.92 Å². The first kappa shape index (κ1) is 11.9. The Kier molecular flexibility index (Phi) is 3.03. The number of carbonyl (C=O) groups excluding carboxylic acids is 1. The average Bonchev–Trinajstić information content (AvgIpc) is 2.59. The maximum Gasteiger partial charge on any atom is 0.161 e. The van der Waals surface area contributed by atoms with Crippen LogP contribution in [-0.2, 0) is 6.54 Å². The van der Waals surface area contributed by atoms with Gasteiger partial charge in [0.15, 0.2) is 5.78 Å². The second kappa shape index (κ2) is 4.34. The van der Waals surface area contributed by atoms with Crippen LogP contribution in [-0.4, -0.2) is 22.1 Å². The standard InChI is InChI=1S/C14H17NO2/c1-9-6-12-13(11(3)17)8-15(4-5-16)14(12)7-10(9)2/h6-8,16H,4-5H2,1-3H3. The topological polar surface area (TPSA) is 42.2 Å². The summed E-state index contributed by atoms with van der Waals surface area (Å²) in [7, 11) is 0. The molecule has 0 aliphatic rings. The maximum absolute atomic E-state index is 11.6. The van der Waals surface area contributed by atoms with Gasteiger partial charge in [0.25, 0.3) is 0 Å². The summed E-state index contributed by atoms with van der Waals surface area (Å²) in [6.45, 7) is 6.27. The average molecular weight is 231 g/mol. The molecule has 1 aromatic carbocycles. The molecule has 1 N–H and O–H groups in total. The van der Waals surface area contributed by atoms with E-state index in [2.05, 4.69) is 19.1 Å². The summed E-state index contributed by atoms with van der Waals surface area (Å²) in [5.74, 6) is 0.0648. The number of aryl methyl sites for hydroxylation is 2. The van der Waals surface area contributed by atoms with Gasteiger partial charge in [-0.25, -0.2) is 0 Å². The molecular weight excluding hydrogens is 214 g/mol. The van der Waals surface area contributed by atoms with E-state index in [9.17, 15) is 4.79 Å². The predicted molar refractivity (Wildman–Crippen MR) is 68.5 cm³/mol. The number of aliphatic hydroxyl groups excluding tert-OH is 1. The third-order valence-electron chi connectivity index (χ3n) is 3.22. The number of benzene rings is 1. The molecule has 2 aromatic rings. The monoisotopic (exact) mass is 231 g/mol. The molecule has 0 spiro atoms. The lowest BCUT2D eigenvalue weighted by Gasteiger charge is -2.05. The van der Waals surface area contributed by atoms with Crippen LogP contribution in [0, 0.1) is 13.8 Å². The highest BCUT2D eigenvalue weighted by Crippen LogP contribution is 2.25. The number of rotatable bonds is 3. The van der Waals surface area contributed by atoms with Crippen LogP contribution >= 0.6 is 0 Å². The van der Waals surface area contributed by atoms with Crippen LogP contribution < -0.4 is 0 Å². The minimum absolute atomic E-state index is 0.0648. The second-order valence-corrected chi connectivity index (χ2v) is 4.47. The lowest BCUT2D eigenvalue weighted by molar-refractivity contribution is 0.101. The van der Waals surface area contributed by atoms with E-state index in [4.69, 9.17) is 5.11 Å². The Hall–Kier alpha value is -1.61. The van der Waals surface area contributed by atoms with Crippen molar-refractivity contribution in [2.75, 3.05) is 6.61 Å². The SMILES string of the molecule is CC(=O)c1cn(CCO)c2cc(C)c(C)cc12. The molecule has 0 atom stereocenters. The minimum Gasteiger partial charge on any atom is -0.395 e. The molecule has 90 valence electrons. The first-order valence-corrected chi connectivity index (χ1v) is 5.76. The largest absolute Gasteiger partial charge is 0.395 e. The molecule has 0 saturated heterocycles. The highest BCUT2D eigenvalue weighted by molar-refractivity contribution is 6.07. The van der Waals surface area contributed by atoms with Crippen LogP contribution in [0.2, 0.25) is 0 Å². The molecule has 3 heteroatoms. The van der Waals surface area contributed by atoms with Crippen molar-refractivity contribution >= 4 is 16.7 Å². The number of carbonyl (C=O) groups is 1. The fourth-order valence-electron chi connectivity index (χ4n) is 2.12. The normalized spacial score (nSPS) is 11.1. The first-order chi connectivity index (χ1) is 8.04. The molecule has 0 radical (unpaired) electrons. The highest BCUT2D eigenvalue weighted by atomic mass is 16.3. The van der Waals surface area contributed by atoms with Gasteiger partial charge in [-0.05, 0) is 44.0 Å². The number of hydrogen-bond acceptors (Lipinski definition) is 2. The molecule has 1 aromatic heterocycles. The van der Waals surface area contributed by atoms with Gasteiger partial charge in [0.05, 0.1) is 6.61 Å². The molecule has 0 saturated carbocycles. The zero-order valence-corrected chi connectivity index (χ0v) is 10.4. The lowest BCUT2D eigenvalue weighted by atomic mass is 10.0. The number of nitrogens with zero attached hydrogens (tertiary/aromatic N) is 1. The van der Waals surface area contributed by atoms with Gasteiger partial charge in [-0.2, -0.15) is 0 Å². The van der Waals surface area contributed by atoms with Crippen molar-refractivity contribution in [3.63, 3.8) is 0 Å². The molecule has 3 nitrogen and oxygen atoms in total. The van der Waals surface area contributed by atoms with Crippen molar-refractivity contribution in [2.45, 2.75) is 27.3 Å². The van der Waals surface area contributed by atoms with Crippen molar-refractivity contribution in [2.24, 2.45) is 0 Å². The van der Waals surface area contributed by atoms with Crippen LogP contribution in [0.3, 0.4) is 0 Å². The number of ketones is 1. The van der Waals surface area contributed by atoms with E-state index >= 15 is 0 Å². The Morgan fingerprint density at radius 2 is 1.94 bits per heavy atom. The Labute approximate surface area is 101 Å². The summed E-state index contributed by atoms with van der Waals surface area (Å²) >= 11 is 0. The van der Waals surface area contributed by atoms with Crippen LogP contribution in [0.15, 0.2) is 18.3 Å². The summed E-state index contributed by atoms with van der Waals surface area (Å²) in [5, 5.41) is 10.0. The van der Waals surface area contributed by atoms with Gasteiger partial charge in [0.1, 0.15) is 0 Å². The lowest BCUT2D eigenvalue weighted by Crippen LogP contribution is -2.00. The van der Waals surface area contributed by atoms with Gasteiger partial charge >= 0.3 is 0 Å². The summed E-state index contributed by atoms with van der Waals surface area (Å²) < 4.78 is 1.94. The second-order valence-electron chi connectivity index (χ2n) is 4.47. The van der Waals surface area contributed by atoms with Crippen LogP contribution in [0.1, 0.15) is 28.4 Å². The molecule has 0 aliphatic carbocycles. The third kappa shape index (κ3) is 1.98. The van der Waals surface area contributed by atoms with Gasteiger partial charge in [0.2, 0.25) is 0 Å². The smallest absolute Gasteiger partial charge is 0.161 e. The Bertz CT molecular complexity index is 581. The summed E-state index contributed by atoms with van der Waals surface area (Å²) in [4.78, 5) is 11.6. The zero-order chi connectivity index (χ0) is 12.6. The van der Waals surface area contributed by atoms with Crippen LogP contribution in [0.5, 0.6) is 0 Å². The van der Waals surface area contributed by atoms with Crippen LogP contribution in [0.25, 0.3) is 10.9 Å². The van der Waals surface area contributed by atoms with Gasteiger partial charge in [-0.3, -0.25) is 4.79 Å². The van der Waals surface area contributed by atoms with Crippen LogP contribution in [0.4, 0.5) is 0 Å². The quantitative estimate of drug-likeness (QED) is 0.824. The molecule has 0 bridgehead atoms. The molecule has 0 fully saturated rings. The number of fused-ring (bicyclic) bond motifs is 1. The summed E-state index contributed by atoms with van der Waals surface area (Å²) in [5.41, 5.74) is 4.13. The first-order valence-electron chi connectivity index (χ1n) is 5.76. The predicted octanol–water partition coefficient (Wildman–Crippen LogP) is 2.45.